The number of thioether (sulfide) groups is 1. The van der Waals surface area contributed by atoms with Gasteiger partial charge in [0.25, 0.3) is 0 Å². The number of amides is 1. The first-order valence-electron chi connectivity index (χ1n) is 7.24. The first kappa shape index (κ1) is 18.3. The topological polar surface area (TPSA) is 42.0 Å². The number of benzene rings is 1. The molecule has 7 heteroatoms. The molecule has 1 heterocycles. The zero-order valence-corrected chi connectivity index (χ0v) is 14.1. The summed E-state index contributed by atoms with van der Waals surface area (Å²) >= 11 is 1.10. The van der Waals surface area contributed by atoms with Crippen LogP contribution in [0.4, 0.5) is 13.2 Å². The molecule has 1 amide bonds. The summed E-state index contributed by atoms with van der Waals surface area (Å²) in [6.45, 7) is 4.41. The number of aromatic nitrogens is 1. The molecule has 0 aliphatic carbocycles. The third-order valence-electron chi connectivity index (χ3n) is 3.39. The second-order valence-electron chi connectivity index (χ2n) is 5.38. The van der Waals surface area contributed by atoms with Crippen LogP contribution in [0.15, 0.2) is 41.6 Å². The Bertz CT molecular complexity index is 715. The van der Waals surface area contributed by atoms with Crippen LogP contribution in [0.25, 0.3) is 0 Å². The van der Waals surface area contributed by atoms with Gasteiger partial charge in [-0.3, -0.25) is 4.79 Å². The van der Waals surface area contributed by atoms with E-state index in [0.29, 0.717) is 11.6 Å². The molecule has 0 saturated heterocycles. The lowest BCUT2D eigenvalue weighted by Gasteiger charge is -2.09. The Hall–Kier alpha value is -2.02. The summed E-state index contributed by atoms with van der Waals surface area (Å²) in [6.07, 6.45) is -3.63. The smallest absolute Gasteiger partial charge is 0.351 e. The minimum atomic E-state index is -4.40. The molecule has 128 valence electrons. The maximum absolute atomic E-state index is 12.4. The lowest BCUT2D eigenvalue weighted by Crippen LogP contribution is -2.25. The SMILES string of the molecule is Cc1ccc(CNC(=O)CSc2ccc(C(F)(F)F)cn2)c(C)c1. The number of hydrogen-bond acceptors (Lipinski definition) is 3. The first-order chi connectivity index (χ1) is 11.3. The molecule has 0 unspecified atom stereocenters. The van der Waals surface area contributed by atoms with Gasteiger partial charge in [-0.05, 0) is 37.1 Å². The van der Waals surface area contributed by atoms with Crippen molar-refractivity contribution in [3.8, 4) is 0 Å². The van der Waals surface area contributed by atoms with E-state index in [4.69, 9.17) is 0 Å². The van der Waals surface area contributed by atoms with Gasteiger partial charge in [-0.15, -0.1) is 0 Å². The monoisotopic (exact) mass is 354 g/mol. The average Bonchev–Trinajstić information content (AvgIpc) is 2.51. The summed E-state index contributed by atoms with van der Waals surface area (Å²) in [5.74, 6) is -0.0924. The molecule has 3 nitrogen and oxygen atoms in total. The molecule has 0 radical (unpaired) electrons. The van der Waals surface area contributed by atoms with E-state index in [1.165, 1.54) is 6.07 Å². The van der Waals surface area contributed by atoms with Crippen molar-refractivity contribution in [3.63, 3.8) is 0 Å². The van der Waals surface area contributed by atoms with Gasteiger partial charge in [-0.25, -0.2) is 4.98 Å². The van der Waals surface area contributed by atoms with Gasteiger partial charge in [0.1, 0.15) is 0 Å². The molecule has 0 aliphatic heterocycles. The van der Waals surface area contributed by atoms with Gasteiger partial charge in [-0.1, -0.05) is 35.5 Å². The zero-order chi connectivity index (χ0) is 17.7. The normalized spacial score (nSPS) is 11.4. The molecule has 0 atom stereocenters. The number of hydrogen-bond donors (Lipinski definition) is 1. The van der Waals surface area contributed by atoms with Crippen LogP contribution in [0.3, 0.4) is 0 Å². The van der Waals surface area contributed by atoms with E-state index < -0.39 is 11.7 Å². The quantitative estimate of drug-likeness (QED) is 0.821. The number of pyridine rings is 1. The number of nitrogens with one attached hydrogen (secondary N) is 1. The molecule has 2 rings (SSSR count). The Balaban J connectivity index is 1.83. The van der Waals surface area contributed by atoms with Crippen LogP contribution < -0.4 is 5.32 Å². The third kappa shape index (κ3) is 5.26. The molecule has 2 aromatic rings. The van der Waals surface area contributed by atoms with Crippen molar-refractivity contribution in [3.05, 3.63) is 58.8 Å². The maximum atomic E-state index is 12.4. The highest BCUT2D eigenvalue weighted by atomic mass is 32.2. The summed E-state index contributed by atoms with van der Waals surface area (Å²) in [6, 6.07) is 8.22. The average molecular weight is 354 g/mol. The van der Waals surface area contributed by atoms with Gasteiger partial charge in [0.2, 0.25) is 5.91 Å². The predicted molar refractivity (Wildman–Crippen MR) is 87.7 cm³/mol. The maximum Gasteiger partial charge on any atom is 0.417 e. The van der Waals surface area contributed by atoms with Crippen molar-refractivity contribution in [1.29, 1.82) is 0 Å². The van der Waals surface area contributed by atoms with Gasteiger partial charge >= 0.3 is 6.18 Å². The predicted octanol–water partition coefficient (Wildman–Crippen LogP) is 4.13. The van der Waals surface area contributed by atoms with Crippen molar-refractivity contribution in [2.75, 3.05) is 5.75 Å². The molecule has 1 aromatic carbocycles. The van der Waals surface area contributed by atoms with E-state index in [1.54, 1.807) is 0 Å². The third-order valence-corrected chi connectivity index (χ3v) is 4.33. The van der Waals surface area contributed by atoms with Gasteiger partial charge in [0.05, 0.1) is 16.3 Å². The van der Waals surface area contributed by atoms with Crippen LogP contribution in [-0.2, 0) is 17.5 Å². The van der Waals surface area contributed by atoms with Crippen LogP contribution >= 0.6 is 11.8 Å². The van der Waals surface area contributed by atoms with Gasteiger partial charge < -0.3 is 5.32 Å². The van der Waals surface area contributed by atoms with E-state index in [1.807, 2.05) is 32.0 Å². The van der Waals surface area contributed by atoms with Gasteiger partial charge in [0.15, 0.2) is 0 Å². The molecule has 24 heavy (non-hydrogen) atoms. The molecule has 0 aliphatic rings. The lowest BCUT2D eigenvalue weighted by atomic mass is 10.1. The Morgan fingerprint density at radius 2 is 1.96 bits per heavy atom. The fraction of sp³-hybridized carbons (Fsp3) is 0.294. The molecular weight excluding hydrogens is 337 g/mol. The second-order valence-corrected chi connectivity index (χ2v) is 6.37. The number of carbonyl (C=O) groups excluding carboxylic acids is 1. The van der Waals surface area contributed by atoms with Crippen LogP contribution in [0.5, 0.6) is 0 Å². The number of alkyl halides is 3. The first-order valence-corrected chi connectivity index (χ1v) is 8.23. The minimum absolute atomic E-state index is 0.100. The number of halogens is 3. The van der Waals surface area contributed by atoms with E-state index in [-0.39, 0.29) is 11.7 Å². The Morgan fingerprint density at radius 3 is 2.54 bits per heavy atom. The van der Waals surface area contributed by atoms with E-state index in [2.05, 4.69) is 10.3 Å². The molecule has 1 N–H and O–H groups in total. The molecular formula is C17H17F3N2OS. The molecule has 0 fully saturated rings. The largest absolute Gasteiger partial charge is 0.417 e. The van der Waals surface area contributed by atoms with Crippen molar-refractivity contribution in [1.82, 2.24) is 10.3 Å². The standard InChI is InChI=1S/C17H17F3N2OS/c1-11-3-4-13(12(2)7-11)8-21-15(23)10-24-16-6-5-14(9-22-16)17(18,19)20/h3-7,9H,8,10H2,1-2H3,(H,21,23). The fourth-order valence-corrected chi connectivity index (χ4v) is 2.73. The number of aryl methyl sites for hydroxylation is 2. The summed E-state index contributed by atoms with van der Waals surface area (Å²) in [4.78, 5) is 15.6. The van der Waals surface area contributed by atoms with E-state index in [0.717, 1.165) is 40.7 Å². The van der Waals surface area contributed by atoms with Crippen LogP contribution in [0.1, 0.15) is 22.3 Å². The van der Waals surface area contributed by atoms with Gasteiger partial charge in [0, 0.05) is 12.7 Å². The summed E-state index contributed by atoms with van der Waals surface area (Å²) in [5.41, 5.74) is 2.50. The summed E-state index contributed by atoms with van der Waals surface area (Å²) in [5, 5.41) is 3.18. The summed E-state index contributed by atoms with van der Waals surface area (Å²) < 4.78 is 37.3. The van der Waals surface area contributed by atoms with Crippen molar-refractivity contribution in [2.24, 2.45) is 0 Å². The molecule has 0 bridgehead atoms. The zero-order valence-electron chi connectivity index (χ0n) is 13.3. The highest BCUT2D eigenvalue weighted by molar-refractivity contribution is 7.99. The highest BCUT2D eigenvalue weighted by Crippen LogP contribution is 2.29. The van der Waals surface area contributed by atoms with Crippen molar-refractivity contribution in [2.45, 2.75) is 31.6 Å². The van der Waals surface area contributed by atoms with E-state index >= 15 is 0 Å². The fourth-order valence-electron chi connectivity index (χ4n) is 2.06. The minimum Gasteiger partial charge on any atom is -0.351 e. The van der Waals surface area contributed by atoms with Crippen LogP contribution in [0.2, 0.25) is 0 Å². The number of nitrogens with zero attached hydrogens (tertiary/aromatic N) is 1. The highest BCUT2D eigenvalue weighted by Gasteiger charge is 2.30. The Kier molecular flexibility index (Phi) is 5.88. The summed E-state index contributed by atoms with van der Waals surface area (Å²) in [7, 11) is 0. The lowest BCUT2D eigenvalue weighted by molar-refractivity contribution is -0.137. The Labute approximate surface area is 142 Å². The van der Waals surface area contributed by atoms with Crippen molar-refractivity contribution < 1.29 is 18.0 Å². The molecule has 0 spiro atoms. The number of rotatable bonds is 5. The molecule has 0 saturated carbocycles. The second kappa shape index (κ2) is 7.70. The van der Waals surface area contributed by atoms with Crippen molar-refractivity contribution >= 4 is 17.7 Å². The van der Waals surface area contributed by atoms with Crippen LogP contribution in [0, 0.1) is 13.8 Å². The molecule has 1 aromatic heterocycles. The number of carbonyl (C=O) groups is 1. The van der Waals surface area contributed by atoms with Gasteiger partial charge in [-0.2, -0.15) is 13.2 Å². The van der Waals surface area contributed by atoms with Crippen LogP contribution in [-0.4, -0.2) is 16.6 Å². The van der Waals surface area contributed by atoms with E-state index in [9.17, 15) is 18.0 Å². The Morgan fingerprint density at radius 1 is 1.21 bits per heavy atom.